The van der Waals surface area contributed by atoms with Gasteiger partial charge in [0.1, 0.15) is 5.75 Å². The molecule has 1 fully saturated rings. The van der Waals surface area contributed by atoms with Crippen LogP contribution in [0.25, 0.3) is 5.69 Å². The number of aryl methyl sites for hydroxylation is 1. The molecular weight excluding hydrogens is 344 g/mol. The largest absolute Gasteiger partial charge is 0.493 e. The molecule has 1 amide bonds. The topological polar surface area (TPSA) is 76.4 Å². The van der Waals surface area contributed by atoms with Gasteiger partial charge in [0.2, 0.25) is 5.92 Å². The minimum atomic E-state index is -2.79. The first-order chi connectivity index (χ1) is 12.3. The van der Waals surface area contributed by atoms with Crippen molar-refractivity contribution >= 4 is 6.09 Å². The van der Waals surface area contributed by atoms with Gasteiger partial charge in [-0.1, -0.05) is 0 Å². The Bertz CT molecular complexity index is 761. The van der Waals surface area contributed by atoms with Crippen LogP contribution in [0.5, 0.6) is 5.75 Å². The van der Waals surface area contributed by atoms with E-state index in [1.165, 1.54) is 0 Å². The molecule has 6 nitrogen and oxygen atoms in total. The number of amides is 1. The highest BCUT2D eigenvalue weighted by atomic mass is 19.3. The van der Waals surface area contributed by atoms with E-state index in [0.29, 0.717) is 5.75 Å². The predicted molar refractivity (Wildman–Crippen MR) is 91.0 cm³/mol. The van der Waals surface area contributed by atoms with E-state index < -0.39 is 24.0 Å². The van der Waals surface area contributed by atoms with Crippen LogP contribution in [0.1, 0.15) is 24.8 Å². The maximum atomic E-state index is 13.7. The van der Waals surface area contributed by atoms with E-state index in [-0.39, 0.29) is 25.9 Å². The monoisotopic (exact) mass is 365 g/mol. The van der Waals surface area contributed by atoms with Crippen molar-refractivity contribution in [1.82, 2.24) is 15.1 Å². The number of alkyl halides is 2. The molecule has 140 valence electrons. The van der Waals surface area contributed by atoms with Crippen LogP contribution < -0.4 is 10.1 Å². The van der Waals surface area contributed by atoms with Crippen LogP contribution in [-0.2, 0) is 0 Å². The quantitative estimate of drug-likeness (QED) is 0.848. The summed E-state index contributed by atoms with van der Waals surface area (Å²) in [5.74, 6) is -2.82. The van der Waals surface area contributed by atoms with E-state index in [1.54, 1.807) is 23.0 Å². The van der Waals surface area contributed by atoms with E-state index in [9.17, 15) is 13.6 Å². The average Bonchev–Trinajstić information content (AvgIpc) is 3.01. The highest BCUT2D eigenvalue weighted by Crippen LogP contribution is 2.37. The molecule has 2 N–H and O–H groups in total. The molecule has 3 rings (SSSR count). The third-order valence-corrected chi connectivity index (χ3v) is 4.54. The fraction of sp³-hybridized carbons (Fsp3) is 0.444. The molecule has 2 aromatic rings. The number of carbonyl (C=O) groups is 1. The second kappa shape index (κ2) is 7.31. The molecule has 2 atom stereocenters. The zero-order chi connectivity index (χ0) is 18.7. The summed E-state index contributed by atoms with van der Waals surface area (Å²) in [6.07, 6.45) is 1.84. The molecule has 0 aliphatic heterocycles. The van der Waals surface area contributed by atoms with Crippen molar-refractivity contribution in [1.29, 1.82) is 0 Å². The Hall–Kier alpha value is -2.64. The Morgan fingerprint density at radius 1 is 1.42 bits per heavy atom. The minimum absolute atomic E-state index is 0.0285. The lowest BCUT2D eigenvalue weighted by atomic mass is 9.82. The third-order valence-electron chi connectivity index (χ3n) is 4.54. The summed E-state index contributed by atoms with van der Waals surface area (Å²) in [6, 6.07) is 6.60. The van der Waals surface area contributed by atoms with Crippen molar-refractivity contribution in [3.8, 4) is 11.4 Å². The number of benzene rings is 1. The number of ether oxygens (including phenoxy) is 1. The maximum absolute atomic E-state index is 13.7. The molecule has 0 unspecified atom stereocenters. The summed E-state index contributed by atoms with van der Waals surface area (Å²) in [7, 11) is 0. The van der Waals surface area contributed by atoms with Crippen LogP contribution in [0.3, 0.4) is 0 Å². The SMILES string of the molecule is Cc1cnn(-c2ccc(OC[C@@H]3CC(F)(F)CC[C@@H]3NC(=O)O)cc2)c1. The second-order valence-electron chi connectivity index (χ2n) is 6.68. The fourth-order valence-corrected chi connectivity index (χ4v) is 3.21. The highest BCUT2D eigenvalue weighted by Gasteiger charge is 2.42. The fourth-order valence-electron chi connectivity index (χ4n) is 3.21. The third kappa shape index (κ3) is 4.50. The molecule has 0 saturated heterocycles. The lowest BCUT2D eigenvalue weighted by molar-refractivity contribution is -0.0677. The minimum Gasteiger partial charge on any atom is -0.493 e. The number of carboxylic acid groups (broad SMARTS) is 1. The van der Waals surface area contributed by atoms with Crippen molar-refractivity contribution < 1.29 is 23.4 Å². The van der Waals surface area contributed by atoms with Crippen LogP contribution >= 0.6 is 0 Å². The number of hydrogen-bond acceptors (Lipinski definition) is 3. The Kier molecular flexibility index (Phi) is 5.11. The zero-order valence-corrected chi connectivity index (χ0v) is 14.4. The Labute approximate surface area is 149 Å². The van der Waals surface area contributed by atoms with Gasteiger partial charge < -0.3 is 15.2 Å². The van der Waals surface area contributed by atoms with Gasteiger partial charge in [-0.3, -0.25) is 0 Å². The van der Waals surface area contributed by atoms with Crippen LogP contribution in [-0.4, -0.2) is 39.6 Å². The lowest BCUT2D eigenvalue weighted by Gasteiger charge is -2.35. The molecule has 1 saturated carbocycles. The number of halogens is 2. The summed E-state index contributed by atoms with van der Waals surface area (Å²) in [6.45, 7) is 1.98. The van der Waals surface area contributed by atoms with Gasteiger partial charge in [-0.05, 0) is 43.2 Å². The first-order valence-electron chi connectivity index (χ1n) is 8.44. The van der Waals surface area contributed by atoms with Gasteiger partial charge in [-0.2, -0.15) is 5.10 Å². The van der Waals surface area contributed by atoms with Gasteiger partial charge >= 0.3 is 6.09 Å². The summed E-state index contributed by atoms with van der Waals surface area (Å²) < 4.78 is 34.8. The average molecular weight is 365 g/mol. The smallest absolute Gasteiger partial charge is 0.404 e. The van der Waals surface area contributed by atoms with Gasteiger partial charge in [0.15, 0.2) is 0 Å². The molecule has 0 spiro atoms. The lowest BCUT2D eigenvalue weighted by Crippen LogP contribution is -2.48. The van der Waals surface area contributed by atoms with E-state index in [1.807, 2.05) is 25.3 Å². The molecule has 1 heterocycles. The van der Waals surface area contributed by atoms with Crippen LogP contribution in [0, 0.1) is 12.8 Å². The standard InChI is InChI=1S/C18H21F2N3O3/c1-12-9-21-23(10-12)14-2-4-15(5-3-14)26-11-13-8-18(19,20)7-6-16(13)22-17(24)25/h2-5,9-10,13,16,22H,6-8,11H2,1H3,(H,24,25)/t13-,16-/m0/s1. The molecule has 26 heavy (non-hydrogen) atoms. The van der Waals surface area contributed by atoms with Crippen molar-refractivity contribution in [2.24, 2.45) is 5.92 Å². The first kappa shape index (κ1) is 18.2. The summed E-state index contributed by atoms with van der Waals surface area (Å²) in [4.78, 5) is 10.9. The van der Waals surface area contributed by atoms with E-state index >= 15 is 0 Å². The highest BCUT2D eigenvalue weighted by molar-refractivity contribution is 5.64. The van der Waals surface area contributed by atoms with Crippen LogP contribution in [0.15, 0.2) is 36.7 Å². The van der Waals surface area contributed by atoms with Crippen molar-refractivity contribution in [2.45, 2.75) is 38.2 Å². The summed E-state index contributed by atoms with van der Waals surface area (Å²) in [5, 5.41) is 15.4. The van der Waals surface area contributed by atoms with E-state index in [2.05, 4.69) is 10.4 Å². The molecule has 1 aromatic heterocycles. The Morgan fingerprint density at radius 2 is 2.15 bits per heavy atom. The molecule has 1 aliphatic carbocycles. The number of nitrogens with one attached hydrogen (secondary N) is 1. The van der Waals surface area contributed by atoms with Crippen molar-refractivity contribution in [2.75, 3.05) is 6.61 Å². The van der Waals surface area contributed by atoms with Crippen LogP contribution in [0.4, 0.5) is 13.6 Å². The van der Waals surface area contributed by atoms with Gasteiger partial charge in [0.05, 0.1) is 18.5 Å². The number of nitrogens with zero attached hydrogens (tertiary/aromatic N) is 2. The summed E-state index contributed by atoms with van der Waals surface area (Å²) >= 11 is 0. The van der Waals surface area contributed by atoms with Gasteiger partial charge in [-0.15, -0.1) is 0 Å². The van der Waals surface area contributed by atoms with Gasteiger partial charge in [0.25, 0.3) is 0 Å². The van der Waals surface area contributed by atoms with Gasteiger partial charge in [0, 0.05) is 31.0 Å². The predicted octanol–water partition coefficient (Wildman–Crippen LogP) is 3.63. The number of aromatic nitrogens is 2. The molecule has 1 aliphatic rings. The Balaban J connectivity index is 1.63. The molecule has 0 radical (unpaired) electrons. The van der Waals surface area contributed by atoms with E-state index in [0.717, 1.165) is 11.3 Å². The van der Waals surface area contributed by atoms with Crippen LogP contribution in [0.2, 0.25) is 0 Å². The molecule has 1 aromatic carbocycles. The van der Waals surface area contributed by atoms with E-state index in [4.69, 9.17) is 9.84 Å². The van der Waals surface area contributed by atoms with Crippen molar-refractivity contribution in [3.05, 3.63) is 42.2 Å². The maximum Gasteiger partial charge on any atom is 0.404 e. The Morgan fingerprint density at radius 3 is 2.77 bits per heavy atom. The summed E-state index contributed by atoms with van der Waals surface area (Å²) in [5.41, 5.74) is 1.90. The molecular formula is C18H21F2N3O3. The first-order valence-corrected chi connectivity index (χ1v) is 8.44. The van der Waals surface area contributed by atoms with Gasteiger partial charge in [-0.25, -0.2) is 18.3 Å². The zero-order valence-electron chi connectivity index (χ0n) is 14.4. The number of rotatable bonds is 5. The molecule has 8 heteroatoms. The number of hydrogen-bond donors (Lipinski definition) is 2. The second-order valence-corrected chi connectivity index (χ2v) is 6.68. The van der Waals surface area contributed by atoms with Crippen molar-refractivity contribution in [3.63, 3.8) is 0 Å². The molecule has 0 bridgehead atoms. The normalized spacial score (nSPS) is 22.0.